The molecule has 0 aliphatic rings. The van der Waals surface area contributed by atoms with Crippen molar-refractivity contribution in [1.29, 1.82) is 0 Å². The number of fused-ring (bicyclic) bond motifs is 1. The normalized spacial score (nSPS) is 10.9. The van der Waals surface area contributed by atoms with Crippen molar-refractivity contribution < 1.29 is 0 Å². The van der Waals surface area contributed by atoms with Crippen molar-refractivity contribution in [2.75, 3.05) is 5.32 Å². The second-order valence-electron chi connectivity index (χ2n) is 3.90. The predicted molar refractivity (Wildman–Crippen MR) is 69.2 cm³/mol. The number of rotatable bonds is 3. The van der Waals surface area contributed by atoms with Crippen LogP contribution >= 0.6 is 0 Å². The number of aryl methyl sites for hydroxylation is 1. The summed E-state index contributed by atoms with van der Waals surface area (Å²) in [6.07, 6.45) is 2.05. The van der Waals surface area contributed by atoms with Crippen LogP contribution in [-0.4, -0.2) is 27.5 Å². The summed E-state index contributed by atoms with van der Waals surface area (Å²) in [5, 5.41) is 3.42. The molecule has 2 heterocycles. The van der Waals surface area contributed by atoms with E-state index in [-0.39, 0.29) is 15.0 Å². The molecule has 0 amide bonds. The fraction of sp³-hybridized carbons (Fsp3) is 0.167. The number of aromatic nitrogens is 3. The van der Waals surface area contributed by atoms with Crippen molar-refractivity contribution in [3.63, 3.8) is 0 Å². The van der Waals surface area contributed by atoms with Gasteiger partial charge in [-0.1, -0.05) is 0 Å². The standard InChI is InChI=1S/C12H12N4Se/c1-16-7-3-4-9(16)8-13-10-5-2-6-11-12(10)15-17-14-11/h2-7,13H,8H2,1H3. The first kappa shape index (κ1) is 10.6. The molecule has 0 aliphatic heterocycles. The van der Waals surface area contributed by atoms with Crippen LogP contribution in [0.2, 0.25) is 0 Å². The summed E-state index contributed by atoms with van der Waals surface area (Å²) in [5.74, 6) is 0. The zero-order valence-corrected chi connectivity index (χ0v) is 11.1. The summed E-state index contributed by atoms with van der Waals surface area (Å²) in [5.41, 5.74) is 4.36. The van der Waals surface area contributed by atoms with Gasteiger partial charge in [0.2, 0.25) is 0 Å². The Morgan fingerprint density at radius 2 is 2.18 bits per heavy atom. The molecule has 3 aromatic rings. The van der Waals surface area contributed by atoms with Crippen molar-refractivity contribution in [3.8, 4) is 0 Å². The van der Waals surface area contributed by atoms with E-state index in [1.807, 2.05) is 12.1 Å². The maximum absolute atomic E-state index is 4.45. The fourth-order valence-electron chi connectivity index (χ4n) is 1.81. The molecule has 86 valence electrons. The zero-order chi connectivity index (χ0) is 11.7. The van der Waals surface area contributed by atoms with Gasteiger partial charge in [0.25, 0.3) is 0 Å². The van der Waals surface area contributed by atoms with Crippen molar-refractivity contribution in [2.45, 2.75) is 6.54 Å². The molecule has 0 aliphatic carbocycles. The second kappa shape index (κ2) is 4.35. The van der Waals surface area contributed by atoms with E-state index >= 15 is 0 Å². The quantitative estimate of drug-likeness (QED) is 0.746. The molecule has 2 aromatic heterocycles. The van der Waals surface area contributed by atoms with Crippen LogP contribution in [0.4, 0.5) is 5.69 Å². The molecule has 0 bridgehead atoms. The van der Waals surface area contributed by atoms with Crippen LogP contribution in [-0.2, 0) is 13.6 Å². The fourth-order valence-corrected chi connectivity index (χ4v) is 2.97. The van der Waals surface area contributed by atoms with Gasteiger partial charge in [0.05, 0.1) is 0 Å². The van der Waals surface area contributed by atoms with E-state index in [4.69, 9.17) is 0 Å². The van der Waals surface area contributed by atoms with Gasteiger partial charge in [-0.3, -0.25) is 0 Å². The maximum atomic E-state index is 4.45. The zero-order valence-electron chi connectivity index (χ0n) is 9.42. The average Bonchev–Trinajstić information content (AvgIpc) is 2.95. The first-order valence-corrected chi connectivity index (χ1v) is 6.93. The predicted octanol–water partition coefficient (Wildman–Crippen LogP) is 1.64. The molecule has 1 aromatic carbocycles. The number of hydrogen-bond acceptors (Lipinski definition) is 3. The first-order chi connectivity index (χ1) is 8.34. The third-order valence-corrected chi connectivity index (χ3v) is 3.94. The van der Waals surface area contributed by atoms with Crippen molar-refractivity contribution in [2.24, 2.45) is 7.05 Å². The van der Waals surface area contributed by atoms with Crippen LogP contribution < -0.4 is 5.32 Å². The van der Waals surface area contributed by atoms with Crippen LogP contribution in [0.5, 0.6) is 0 Å². The number of anilines is 1. The molecule has 0 saturated heterocycles. The third-order valence-electron chi connectivity index (χ3n) is 2.80. The van der Waals surface area contributed by atoms with Gasteiger partial charge in [-0.05, 0) is 0 Å². The van der Waals surface area contributed by atoms with Crippen molar-refractivity contribution in [1.82, 2.24) is 12.5 Å². The van der Waals surface area contributed by atoms with Gasteiger partial charge in [-0.2, -0.15) is 0 Å². The van der Waals surface area contributed by atoms with Gasteiger partial charge < -0.3 is 0 Å². The number of hydrogen-bond donors (Lipinski definition) is 1. The van der Waals surface area contributed by atoms with Gasteiger partial charge >= 0.3 is 105 Å². The molecule has 0 saturated carbocycles. The van der Waals surface area contributed by atoms with Crippen LogP contribution in [0.25, 0.3) is 11.0 Å². The molecule has 0 fully saturated rings. The third kappa shape index (κ3) is 1.99. The van der Waals surface area contributed by atoms with Crippen LogP contribution in [0, 0.1) is 0 Å². The summed E-state index contributed by atoms with van der Waals surface area (Å²) in [7, 11) is 2.05. The van der Waals surface area contributed by atoms with E-state index in [0.29, 0.717) is 0 Å². The van der Waals surface area contributed by atoms with Gasteiger partial charge in [-0.15, -0.1) is 0 Å². The van der Waals surface area contributed by atoms with Crippen LogP contribution in [0.15, 0.2) is 36.5 Å². The molecule has 1 N–H and O–H groups in total. The molecule has 3 rings (SSSR count). The van der Waals surface area contributed by atoms with E-state index in [0.717, 1.165) is 23.3 Å². The number of nitrogens with zero attached hydrogens (tertiary/aromatic N) is 3. The topological polar surface area (TPSA) is 42.7 Å². The van der Waals surface area contributed by atoms with E-state index < -0.39 is 0 Å². The summed E-state index contributed by atoms with van der Waals surface area (Å²) in [4.78, 5) is 0. The van der Waals surface area contributed by atoms with E-state index in [2.05, 4.69) is 49.3 Å². The second-order valence-corrected chi connectivity index (χ2v) is 5.01. The molecular formula is C12H12N4Se. The Bertz CT molecular complexity index is 641. The molecule has 0 atom stereocenters. The minimum absolute atomic E-state index is 0.0328. The average molecular weight is 291 g/mol. The summed E-state index contributed by atoms with van der Waals surface area (Å²) >= 11 is 0.0328. The van der Waals surface area contributed by atoms with E-state index in [1.54, 1.807) is 0 Å². The van der Waals surface area contributed by atoms with Crippen molar-refractivity contribution >= 4 is 31.7 Å². The Kier molecular flexibility index (Phi) is 2.71. The minimum atomic E-state index is 0.0328. The Labute approximate surface area is 106 Å². The van der Waals surface area contributed by atoms with Gasteiger partial charge in [0.1, 0.15) is 0 Å². The molecular weight excluding hydrogens is 279 g/mol. The summed E-state index contributed by atoms with van der Waals surface area (Å²) < 4.78 is 10.9. The van der Waals surface area contributed by atoms with E-state index in [1.165, 1.54) is 5.69 Å². The molecule has 17 heavy (non-hydrogen) atoms. The monoisotopic (exact) mass is 292 g/mol. The SMILES string of the molecule is Cn1cccc1CNc1cccc2n[se]nc12. The molecule has 0 unspecified atom stereocenters. The van der Waals surface area contributed by atoms with Crippen LogP contribution in [0.3, 0.4) is 0 Å². The van der Waals surface area contributed by atoms with Gasteiger partial charge in [-0.25, -0.2) is 0 Å². The van der Waals surface area contributed by atoms with E-state index in [9.17, 15) is 0 Å². The molecule has 4 nitrogen and oxygen atoms in total. The Balaban J connectivity index is 1.86. The summed E-state index contributed by atoms with van der Waals surface area (Å²) in [6.45, 7) is 0.808. The van der Waals surface area contributed by atoms with Gasteiger partial charge in [0, 0.05) is 0 Å². The molecule has 0 radical (unpaired) electrons. The summed E-state index contributed by atoms with van der Waals surface area (Å²) in [6, 6.07) is 10.3. The molecule has 0 spiro atoms. The van der Waals surface area contributed by atoms with Crippen LogP contribution in [0.1, 0.15) is 5.69 Å². The first-order valence-electron chi connectivity index (χ1n) is 5.40. The van der Waals surface area contributed by atoms with Crippen molar-refractivity contribution in [3.05, 3.63) is 42.2 Å². The Morgan fingerprint density at radius 3 is 3.00 bits per heavy atom. The number of nitrogens with one attached hydrogen (secondary N) is 1. The van der Waals surface area contributed by atoms with Gasteiger partial charge in [0.15, 0.2) is 0 Å². The molecule has 5 heteroatoms. The number of benzene rings is 1. The Hall–Kier alpha value is -1.58. The Morgan fingerprint density at radius 1 is 1.24 bits per heavy atom.